The van der Waals surface area contributed by atoms with Crippen molar-refractivity contribution in [1.82, 2.24) is 19.9 Å². The summed E-state index contributed by atoms with van der Waals surface area (Å²) in [5.41, 5.74) is 3.37. The zero-order valence-electron chi connectivity index (χ0n) is 26.6. The summed E-state index contributed by atoms with van der Waals surface area (Å²) in [5.74, 6) is 1.08. The molecular weight excluding hydrogens is 656 g/mol. The lowest BCUT2D eigenvalue weighted by Gasteiger charge is -2.37. The second-order valence-electron chi connectivity index (χ2n) is 10.8. The van der Waals surface area contributed by atoms with E-state index in [1.54, 1.807) is 29.3 Å². The van der Waals surface area contributed by atoms with Crippen LogP contribution in [0.2, 0.25) is 5.02 Å². The van der Waals surface area contributed by atoms with Crippen molar-refractivity contribution in [2.75, 3.05) is 80.0 Å². The SMILES string of the molecule is C=CC(=O)N1CCN(c2ncc(-c3ccc(OC)c(Nc4ncc(C(=O)Nc5c(C)cccc5Cl)s4)n3)cc2N(CCO)CCO)CC1. The van der Waals surface area contributed by atoms with E-state index in [2.05, 4.69) is 27.1 Å². The Hall–Kier alpha value is -4.76. The van der Waals surface area contributed by atoms with Gasteiger partial charge in [-0.1, -0.05) is 41.6 Å². The molecule has 48 heavy (non-hydrogen) atoms. The minimum absolute atomic E-state index is 0.111. The van der Waals surface area contributed by atoms with Gasteiger partial charge in [0.1, 0.15) is 4.88 Å². The molecule has 252 valence electrons. The number of amides is 2. The minimum Gasteiger partial charge on any atom is -0.493 e. The summed E-state index contributed by atoms with van der Waals surface area (Å²) in [4.78, 5) is 45.2. The van der Waals surface area contributed by atoms with Gasteiger partial charge in [0.15, 0.2) is 22.5 Å². The average molecular weight is 693 g/mol. The number of anilines is 5. The minimum atomic E-state index is -0.340. The largest absolute Gasteiger partial charge is 0.493 e. The molecule has 0 bridgehead atoms. The Labute approximate surface area is 287 Å². The van der Waals surface area contributed by atoms with Gasteiger partial charge >= 0.3 is 0 Å². The molecule has 1 fully saturated rings. The molecule has 1 aliphatic heterocycles. The highest BCUT2D eigenvalue weighted by Crippen LogP contribution is 2.35. The third kappa shape index (κ3) is 7.85. The normalized spacial score (nSPS) is 12.9. The number of aliphatic hydroxyl groups excluding tert-OH is 2. The van der Waals surface area contributed by atoms with Crippen molar-refractivity contribution >= 4 is 62.9 Å². The summed E-state index contributed by atoms with van der Waals surface area (Å²) >= 11 is 7.44. The Morgan fingerprint density at radius 3 is 2.52 bits per heavy atom. The lowest BCUT2D eigenvalue weighted by atomic mass is 10.1. The van der Waals surface area contributed by atoms with Crippen molar-refractivity contribution in [3.63, 3.8) is 0 Å². The molecule has 13 nitrogen and oxygen atoms in total. The molecule has 4 aromatic rings. The summed E-state index contributed by atoms with van der Waals surface area (Å²) in [6.45, 7) is 7.94. The lowest BCUT2D eigenvalue weighted by molar-refractivity contribution is -0.126. The predicted octanol–water partition coefficient (Wildman–Crippen LogP) is 4.19. The van der Waals surface area contributed by atoms with Crippen LogP contribution < -0.4 is 25.2 Å². The monoisotopic (exact) mass is 692 g/mol. The van der Waals surface area contributed by atoms with Gasteiger partial charge in [-0.25, -0.2) is 15.0 Å². The molecule has 15 heteroatoms. The van der Waals surface area contributed by atoms with E-state index in [1.807, 2.05) is 30.0 Å². The van der Waals surface area contributed by atoms with Crippen LogP contribution in [0.25, 0.3) is 11.3 Å². The van der Waals surface area contributed by atoms with Crippen LogP contribution in [0.15, 0.2) is 61.4 Å². The molecule has 1 aliphatic rings. The van der Waals surface area contributed by atoms with E-state index in [1.165, 1.54) is 19.4 Å². The summed E-state index contributed by atoms with van der Waals surface area (Å²) < 4.78 is 5.56. The Bertz CT molecular complexity index is 1750. The highest BCUT2D eigenvalue weighted by molar-refractivity contribution is 7.17. The smallest absolute Gasteiger partial charge is 0.267 e. The fraction of sp³-hybridized carbons (Fsp3) is 0.303. The second-order valence-corrected chi connectivity index (χ2v) is 12.2. The van der Waals surface area contributed by atoms with Crippen molar-refractivity contribution in [3.8, 4) is 17.0 Å². The molecule has 0 spiro atoms. The molecule has 1 aromatic carbocycles. The highest BCUT2D eigenvalue weighted by atomic mass is 35.5. The van der Waals surface area contributed by atoms with Crippen LogP contribution in [-0.4, -0.2) is 101 Å². The van der Waals surface area contributed by atoms with Crippen LogP contribution in [-0.2, 0) is 4.79 Å². The number of nitrogens with zero attached hydrogens (tertiary/aromatic N) is 6. The quantitative estimate of drug-likeness (QED) is 0.149. The van der Waals surface area contributed by atoms with Crippen LogP contribution in [0.1, 0.15) is 15.2 Å². The average Bonchev–Trinajstić information content (AvgIpc) is 3.58. The first kappa shape index (κ1) is 34.6. The van der Waals surface area contributed by atoms with Gasteiger partial charge in [-0.3, -0.25) is 9.59 Å². The van der Waals surface area contributed by atoms with Crippen LogP contribution in [0.4, 0.5) is 28.1 Å². The van der Waals surface area contributed by atoms with Crippen LogP contribution in [0, 0.1) is 6.92 Å². The summed E-state index contributed by atoms with van der Waals surface area (Å²) in [5, 5.41) is 26.6. The highest BCUT2D eigenvalue weighted by Gasteiger charge is 2.25. The number of hydrogen-bond donors (Lipinski definition) is 4. The van der Waals surface area contributed by atoms with Crippen LogP contribution in [0.3, 0.4) is 0 Å². The molecule has 3 aromatic heterocycles. The standard InChI is InChI=1S/C33H37ClN8O5S/c1-4-28(45)41-10-12-42(13-11-41)31-25(40(14-16-43)15-17-44)18-22(19-35-31)24-8-9-26(47-3)30(37-24)39-33-36-20-27(48-33)32(46)38-29-21(2)6-5-7-23(29)34/h4-9,18-20,43-44H,1,10-17H2,2-3H3,(H,38,46)(H,36,37,39). The number of piperazine rings is 1. The van der Waals surface area contributed by atoms with E-state index in [0.717, 1.165) is 22.6 Å². The van der Waals surface area contributed by atoms with Gasteiger partial charge < -0.3 is 40.3 Å². The topological polar surface area (TPSA) is 156 Å². The number of aryl methyl sites for hydroxylation is 1. The first-order chi connectivity index (χ1) is 23.3. The van der Waals surface area contributed by atoms with Crippen LogP contribution >= 0.6 is 22.9 Å². The Kier molecular flexibility index (Phi) is 11.4. The van der Waals surface area contributed by atoms with Gasteiger partial charge in [-0.05, 0) is 42.8 Å². The predicted molar refractivity (Wildman–Crippen MR) is 189 cm³/mol. The number of hydrogen-bond acceptors (Lipinski definition) is 12. The first-order valence-electron chi connectivity index (χ1n) is 15.2. The third-order valence-electron chi connectivity index (χ3n) is 7.78. The Balaban J connectivity index is 1.41. The molecule has 0 aliphatic carbocycles. The van der Waals surface area contributed by atoms with Crippen molar-refractivity contribution in [2.45, 2.75) is 6.92 Å². The molecule has 1 saturated heterocycles. The number of benzene rings is 1. The Morgan fingerprint density at radius 1 is 1.10 bits per heavy atom. The van der Waals surface area contributed by atoms with Crippen molar-refractivity contribution in [2.24, 2.45) is 0 Å². The van der Waals surface area contributed by atoms with E-state index in [4.69, 9.17) is 26.3 Å². The number of rotatable bonds is 13. The van der Waals surface area contributed by atoms with Gasteiger partial charge in [0.25, 0.3) is 5.91 Å². The number of ether oxygens (including phenoxy) is 1. The lowest BCUT2D eigenvalue weighted by Crippen LogP contribution is -2.49. The number of methoxy groups -OCH3 is 1. The molecule has 0 unspecified atom stereocenters. The van der Waals surface area contributed by atoms with Gasteiger partial charge in [-0.15, -0.1) is 0 Å². The van der Waals surface area contributed by atoms with Crippen molar-refractivity contribution in [1.29, 1.82) is 0 Å². The maximum Gasteiger partial charge on any atom is 0.267 e. The number of aliphatic hydroxyl groups is 2. The number of carbonyl (C=O) groups is 2. The van der Waals surface area contributed by atoms with Gasteiger partial charge in [0.2, 0.25) is 5.91 Å². The first-order valence-corrected chi connectivity index (χ1v) is 16.4. The Morgan fingerprint density at radius 2 is 1.85 bits per heavy atom. The third-order valence-corrected chi connectivity index (χ3v) is 9.01. The van der Waals surface area contributed by atoms with Crippen LogP contribution in [0.5, 0.6) is 5.75 Å². The van der Waals surface area contributed by atoms with E-state index < -0.39 is 0 Å². The zero-order valence-corrected chi connectivity index (χ0v) is 28.2. The summed E-state index contributed by atoms with van der Waals surface area (Å²) in [6, 6.07) is 10.9. The number of aromatic nitrogens is 3. The fourth-order valence-electron chi connectivity index (χ4n) is 5.29. The second kappa shape index (κ2) is 15.9. The maximum atomic E-state index is 13.0. The van der Waals surface area contributed by atoms with E-state index in [-0.39, 0.29) is 38.1 Å². The van der Waals surface area contributed by atoms with Gasteiger partial charge in [-0.2, -0.15) is 0 Å². The number of nitrogens with one attached hydrogen (secondary N) is 2. The molecule has 4 N–H and O–H groups in total. The number of thiazole rings is 1. The molecule has 2 amide bonds. The number of para-hydroxylation sites is 1. The molecule has 4 heterocycles. The van der Waals surface area contributed by atoms with Crippen molar-refractivity contribution < 1.29 is 24.5 Å². The molecule has 5 rings (SSSR count). The van der Waals surface area contributed by atoms with Crippen molar-refractivity contribution in [3.05, 3.63) is 76.9 Å². The van der Waals surface area contributed by atoms with E-state index >= 15 is 0 Å². The summed E-state index contributed by atoms with van der Waals surface area (Å²) in [7, 11) is 1.53. The molecular formula is C33H37ClN8O5S. The van der Waals surface area contributed by atoms with Gasteiger partial charge in [0, 0.05) is 51.0 Å². The molecule has 0 saturated carbocycles. The number of carbonyl (C=O) groups excluding carboxylic acids is 2. The summed E-state index contributed by atoms with van der Waals surface area (Å²) in [6.07, 6.45) is 4.51. The number of halogens is 1. The van der Waals surface area contributed by atoms with E-state index in [9.17, 15) is 19.8 Å². The maximum absolute atomic E-state index is 13.0. The molecule has 0 atom stereocenters. The number of pyridine rings is 2. The van der Waals surface area contributed by atoms with Gasteiger partial charge in [0.05, 0.1) is 48.6 Å². The fourth-order valence-corrected chi connectivity index (χ4v) is 6.27. The van der Waals surface area contributed by atoms with E-state index in [0.29, 0.717) is 75.5 Å². The zero-order chi connectivity index (χ0) is 34.2. The molecule has 0 radical (unpaired) electrons.